The highest BCUT2D eigenvalue weighted by Crippen LogP contribution is 2.35. The van der Waals surface area contributed by atoms with Crippen molar-refractivity contribution < 1.29 is 24.1 Å². The van der Waals surface area contributed by atoms with Crippen molar-refractivity contribution in [1.29, 1.82) is 0 Å². The Hall–Kier alpha value is -4.53. The van der Waals surface area contributed by atoms with Gasteiger partial charge in [0, 0.05) is 30.3 Å². The van der Waals surface area contributed by atoms with E-state index in [9.17, 15) is 25.0 Å². The monoisotopic (exact) mass is 418 g/mol. The molecular formula is C22H14N2O7. The van der Waals surface area contributed by atoms with E-state index in [1.165, 1.54) is 36.4 Å². The second-order valence-corrected chi connectivity index (χ2v) is 6.66. The van der Waals surface area contributed by atoms with Crippen LogP contribution in [-0.2, 0) is 6.61 Å². The Morgan fingerprint density at radius 2 is 1.65 bits per heavy atom. The third-order valence-corrected chi connectivity index (χ3v) is 4.57. The van der Waals surface area contributed by atoms with Gasteiger partial charge in [-0.1, -0.05) is 12.1 Å². The zero-order chi connectivity index (χ0) is 22.0. The third kappa shape index (κ3) is 4.25. The predicted molar refractivity (Wildman–Crippen MR) is 110 cm³/mol. The molecule has 1 heterocycles. The number of nitro groups is 2. The van der Waals surface area contributed by atoms with E-state index in [1.807, 2.05) is 0 Å². The summed E-state index contributed by atoms with van der Waals surface area (Å²) in [6, 6.07) is 16.7. The van der Waals surface area contributed by atoms with Gasteiger partial charge < -0.3 is 9.47 Å². The molecule has 4 rings (SSSR count). The topological polar surface area (TPSA) is 122 Å². The van der Waals surface area contributed by atoms with Crippen LogP contribution in [0.1, 0.15) is 21.5 Å². The summed E-state index contributed by atoms with van der Waals surface area (Å²) in [5.74, 6) is 0.510. The van der Waals surface area contributed by atoms with Crippen molar-refractivity contribution >= 4 is 23.2 Å². The minimum absolute atomic E-state index is 0.00346. The molecule has 0 atom stereocenters. The Kier molecular flexibility index (Phi) is 5.15. The van der Waals surface area contributed by atoms with E-state index in [0.717, 1.165) is 5.56 Å². The molecule has 0 unspecified atom stereocenters. The highest BCUT2D eigenvalue weighted by molar-refractivity contribution is 6.14. The Bertz CT molecular complexity index is 1230. The molecular weight excluding hydrogens is 404 g/mol. The molecule has 3 aromatic carbocycles. The molecule has 0 saturated carbocycles. The second-order valence-electron chi connectivity index (χ2n) is 6.66. The summed E-state index contributed by atoms with van der Waals surface area (Å²) in [6.07, 6.45) is 1.45. The summed E-state index contributed by atoms with van der Waals surface area (Å²) in [4.78, 5) is 33.2. The van der Waals surface area contributed by atoms with Gasteiger partial charge in [-0.15, -0.1) is 0 Å². The van der Waals surface area contributed by atoms with Gasteiger partial charge in [0.1, 0.15) is 18.1 Å². The smallest absolute Gasteiger partial charge is 0.270 e. The summed E-state index contributed by atoms with van der Waals surface area (Å²) < 4.78 is 11.3. The number of hydrogen-bond donors (Lipinski definition) is 0. The number of carbonyl (C=O) groups is 1. The first kappa shape index (κ1) is 19.8. The van der Waals surface area contributed by atoms with Crippen LogP contribution in [0, 0.1) is 20.2 Å². The van der Waals surface area contributed by atoms with Crippen molar-refractivity contribution in [2.75, 3.05) is 0 Å². The van der Waals surface area contributed by atoms with E-state index in [2.05, 4.69) is 0 Å². The molecule has 154 valence electrons. The number of allylic oxidation sites excluding steroid dienone is 1. The molecule has 0 fully saturated rings. The molecule has 0 aromatic heterocycles. The Balaban J connectivity index is 1.48. The molecule has 1 aliphatic heterocycles. The number of Topliss-reactive ketones (excluding diaryl/α,β-unsaturated/α-hetero) is 1. The lowest BCUT2D eigenvalue weighted by Gasteiger charge is -2.07. The SMILES string of the molecule is O=C1/C(=C/c2cccc([N+](=O)[O-])c2)Oc2cc(OCc3ccc([N+](=O)[O-])cc3)ccc21. The summed E-state index contributed by atoms with van der Waals surface area (Å²) in [7, 11) is 0. The number of hydrogen-bond acceptors (Lipinski definition) is 7. The van der Waals surface area contributed by atoms with Crippen LogP contribution in [0.3, 0.4) is 0 Å². The lowest BCUT2D eigenvalue weighted by atomic mass is 10.1. The van der Waals surface area contributed by atoms with E-state index in [0.29, 0.717) is 22.6 Å². The third-order valence-electron chi connectivity index (χ3n) is 4.57. The molecule has 0 N–H and O–H groups in total. The number of ether oxygens (including phenoxy) is 2. The minimum atomic E-state index is -0.511. The van der Waals surface area contributed by atoms with Crippen molar-refractivity contribution in [3.8, 4) is 11.5 Å². The van der Waals surface area contributed by atoms with Crippen LogP contribution in [0.15, 0.2) is 72.5 Å². The Labute approximate surface area is 175 Å². The summed E-state index contributed by atoms with van der Waals surface area (Å²) in [6.45, 7) is 0.182. The van der Waals surface area contributed by atoms with Gasteiger partial charge in [0.25, 0.3) is 11.4 Å². The van der Waals surface area contributed by atoms with Gasteiger partial charge in [-0.05, 0) is 41.5 Å². The molecule has 3 aromatic rings. The molecule has 0 spiro atoms. The largest absolute Gasteiger partial charge is 0.489 e. The maximum Gasteiger partial charge on any atom is 0.270 e. The van der Waals surface area contributed by atoms with Crippen molar-refractivity contribution in [3.63, 3.8) is 0 Å². The molecule has 0 bridgehead atoms. The fraction of sp³-hybridized carbons (Fsp3) is 0.0455. The van der Waals surface area contributed by atoms with Gasteiger partial charge in [0.2, 0.25) is 5.78 Å². The molecule has 0 radical (unpaired) electrons. The molecule has 0 amide bonds. The number of rotatable bonds is 6. The van der Waals surface area contributed by atoms with E-state index in [1.54, 1.807) is 36.4 Å². The first-order valence-electron chi connectivity index (χ1n) is 9.09. The Morgan fingerprint density at radius 3 is 2.35 bits per heavy atom. The van der Waals surface area contributed by atoms with Gasteiger partial charge >= 0.3 is 0 Å². The van der Waals surface area contributed by atoms with Crippen molar-refractivity contribution in [2.45, 2.75) is 6.61 Å². The minimum Gasteiger partial charge on any atom is -0.489 e. The molecule has 0 aliphatic carbocycles. The van der Waals surface area contributed by atoms with Crippen LogP contribution in [0.2, 0.25) is 0 Å². The number of benzene rings is 3. The summed E-state index contributed by atoms with van der Waals surface area (Å²) >= 11 is 0. The molecule has 31 heavy (non-hydrogen) atoms. The highest BCUT2D eigenvalue weighted by Gasteiger charge is 2.28. The Morgan fingerprint density at radius 1 is 0.903 bits per heavy atom. The average Bonchev–Trinajstić information content (AvgIpc) is 3.07. The van der Waals surface area contributed by atoms with Crippen LogP contribution in [0.25, 0.3) is 6.08 Å². The number of nitro benzene ring substituents is 2. The van der Waals surface area contributed by atoms with Crippen molar-refractivity contribution in [1.82, 2.24) is 0 Å². The van der Waals surface area contributed by atoms with E-state index in [4.69, 9.17) is 9.47 Å². The first-order chi connectivity index (χ1) is 14.9. The zero-order valence-corrected chi connectivity index (χ0v) is 15.9. The second kappa shape index (κ2) is 8.07. The van der Waals surface area contributed by atoms with Gasteiger partial charge in [0.05, 0.1) is 15.4 Å². The van der Waals surface area contributed by atoms with Gasteiger partial charge in [-0.3, -0.25) is 25.0 Å². The number of non-ortho nitro benzene ring substituents is 2. The van der Waals surface area contributed by atoms with E-state index in [-0.39, 0.29) is 29.5 Å². The van der Waals surface area contributed by atoms with Gasteiger partial charge in [-0.25, -0.2) is 0 Å². The fourth-order valence-electron chi connectivity index (χ4n) is 3.02. The standard InChI is InChI=1S/C22H14N2O7/c25-22-19-9-8-18(30-13-14-4-6-16(7-5-14)23(26)27)12-20(19)31-21(22)11-15-2-1-3-17(10-15)24(28)29/h1-12H,13H2/b21-11-. The highest BCUT2D eigenvalue weighted by atomic mass is 16.6. The summed E-state index contributed by atoms with van der Waals surface area (Å²) in [5, 5.41) is 21.6. The van der Waals surface area contributed by atoms with Crippen LogP contribution < -0.4 is 9.47 Å². The first-order valence-corrected chi connectivity index (χ1v) is 9.09. The normalized spacial score (nSPS) is 13.5. The van der Waals surface area contributed by atoms with Crippen LogP contribution in [0.5, 0.6) is 11.5 Å². The summed E-state index contributed by atoms with van der Waals surface area (Å²) in [5.41, 5.74) is 1.49. The van der Waals surface area contributed by atoms with Crippen molar-refractivity contribution in [2.24, 2.45) is 0 Å². The predicted octanol–water partition coefficient (Wildman–Crippen LogP) is 4.70. The fourth-order valence-corrected chi connectivity index (χ4v) is 3.02. The number of fused-ring (bicyclic) bond motifs is 1. The van der Waals surface area contributed by atoms with Gasteiger partial charge in [0.15, 0.2) is 5.76 Å². The van der Waals surface area contributed by atoms with Crippen molar-refractivity contribution in [3.05, 3.63) is 109 Å². The van der Waals surface area contributed by atoms with E-state index >= 15 is 0 Å². The number of ketones is 1. The van der Waals surface area contributed by atoms with Crippen LogP contribution >= 0.6 is 0 Å². The van der Waals surface area contributed by atoms with E-state index < -0.39 is 9.85 Å². The van der Waals surface area contributed by atoms with Crippen LogP contribution in [0.4, 0.5) is 11.4 Å². The van der Waals surface area contributed by atoms with Crippen LogP contribution in [-0.4, -0.2) is 15.6 Å². The average molecular weight is 418 g/mol. The maximum absolute atomic E-state index is 12.6. The molecule has 0 saturated heterocycles. The lowest BCUT2D eigenvalue weighted by Crippen LogP contribution is -1.98. The molecule has 9 nitrogen and oxygen atoms in total. The molecule has 1 aliphatic rings. The lowest BCUT2D eigenvalue weighted by molar-refractivity contribution is -0.385. The quantitative estimate of drug-likeness (QED) is 0.323. The number of nitrogens with zero attached hydrogens (tertiary/aromatic N) is 2. The number of carbonyl (C=O) groups excluding carboxylic acids is 1. The zero-order valence-electron chi connectivity index (χ0n) is 15.9. The van der Waals surface area contributed by atoms with Gasteiger partial charge in [-0.2, -0.15) is 0 Å². The maximum atomic E-state index is 12.6. The molecule has 9 heteroatoms.